The van der Waals surface area contributed by atoms with E-state index in [1.807, 2.05) is 19.3 Å². The van der Waals surface area contributed by atoms with Gasteiger partial charge in [-0.3, -0.25) is 19.5 Å². The zero-order valence-corrected chi connectivity index (χ0v) is 23.3. The number of benzene rings is 1. The van der Waals surface area contributed by atoms with E-state index in [-0.39, 0.29) is 0 Å². The molecule has 1 aliphatic rings. The summed E-state index contributed by atoms with van der Waals surface area (Å²) in [5, 5.41) is 37.9. The van der Waals surface area contributed by atoms with Gasteiger partial charge < -0.3 is 24.9 Å². The second kappa shape index (κ2) is 14.5. The van der Waals surface area contributed by atoms with Crippen LogP contribution in [0.2, 0.25) is 0 Å². The first kappa shape index (κ1) is 31.4. The van der Waals surface area contributed by atoms with Gasteiger partial charge in [0.05, 0.1) is 18.5 Å². The molecule has 2 atom stereocenters. The topological polar surface area (TPSA) is 174 Å². The third-order valence-electron chi connectivity index (χ3n) is 7.15. The SMILES string of the molecule is Cc1ccc(CN(Cc2ccncc2)[C@@H]2CCC[C@H]2Cc2cc(C)no2)cc1.O=C(O)CC(O)(CC(=O)O)C(=O)O. The van der Waals surface area contributed by atoms with Crippen molar-refractivity contribution in [1.82, 2.24) is 15.0 Å². The number of hydrogen-bond acceptors (Lipinski definition) is 8. The average Bonchev–Trinajstić information content (AvgIpc) is 3.53. The van der Waals surface area contributed by atoms with Gasteiger partial charge in [-0.15, -0.1) is 0 Å². The van der Waals surface area contributed by atoms with Crippen molar-refractivity contribution >= 4 is 17.9 Å². The van der Waals surface area contributed by atoms with E-state index in [0.29, 0.717) is 12.0 Å². The van der Waals surface area contributed by atoms with E-state index in [4.69, 9.17) is 24.9 Å². The summed E-state index contributed by atoms with van der Waals surface area (Å²) in [6.45, 7) is 6.06. The lowest BCUT2D eigenvalue weighted by Crippen LogP contribution is -2.42. The smallest absolute Gasteiger partial charge is 0.336 e. The maximum atomic E-state index is 10.3. The van der Waals surface area contributed by atoms with Crippen molar-refractivity contribution in [2.24, 2.45) is 5.92 Å². The van der Waals surface area contributed by atoms with E-state index in [2.05, 4.69) is 64.4 Å². The molecule has 4 N–H and O–H groups in total. The molecule has 3 aromatic rings. The monoisotopic (exact) mass is 567 g/mol. The van der Waals surface area contributed by atoms with Crippen molar-refractivity contribution < 1.29 is 39.3 Å². The van der Waals surface area contributed by atoms with Crippen molar-refractivity contribution in [2.45, 2.75) is 77.1 Å². The molecule has 2 aromatic heterocycles. The molecule has 1 saturated carbocycles. The summed E-state index contributed by atoms with van der Waals surface area (Å²) in [6.07, 6.45) is 6.25. The van der Waals surface area contributed by atoms with Crippen molar-refractivity contribution in [1.29, 1.82) is 0 Å². The molecule has 0 unspecified atom stereocenters. The van der Waals surface area contributed by atoms with Crippen molar-refractivity contribution in [3.05, 3.63) is 83.0 Å². The molecule has 0 saturated heterocycles. The third-order valence-corrected chi connectivity index (χ3v) is 7.15. The minimum Gasteiger partial charge on any atom is -0.481 e. The predicted molar refractivity (Wildman–Crippen MR) is 148 cm³/mol. The van der Waals surface area contributed by atoms with Crippen molar-refractivity contribution in [3.8, 4) is 0 Å². The second-order valence-corrected chi connectivity index (χ2v) is 10.6. The minimum absolute atomic E-state index is 0.555. The summed E-state index contributed by atoms with van der Waals surface area (Å²) >= 11 is 0. The summed E-state index contributed by atoms with van der Waals surface area (Å²) in [5.41, 5.74) is 2.24. The number of hydrogen-bond donors (Lipinski definition) is 4. The summed E-state index contributed by atoms with van der Waals surface area (Å²) in [4.78, 5) is 37.3. The lowest BCUT2D eigenvalue weighted by molar-refractivity contribution is -0.170. The van der Waals surface area contributed by atoms with Crippen LogP contribution in [-0.2, 0) is 33.9 Å². The molecule has 11 nitrogen and oxygen atoms in total. The van der Waals surface area contributed by atoms with Crippen LogP contribution in [-0.4, -0.2) is 65.0 Å². The fraction of sp³-hybridized carbons (Fsp3) is 0.433. The number of aryl methyl sites for hydroxylation is 2. The van der Waals surface area contributed by atoms with Gasteiger partial charge in [-0.25, -0.2) is 4.79 Å². The molecule has 11 heteroatoms. The van der Waals surface area contributed by atoms with Gasteiger partial charge >= 0.3 is 17.9 Å². The van der Waals surface area contributed by atoms with Gasteiger partial charge in [-0.2, -0.15) is 0 Å². The van der Waals surface area contributed by atoms with Gasteiger partial charge in [0.1, 0.15) is 5.76 Å². The number of carboxylic acid groups (broad SMARTS) is 3. The van der Waals surface area contributed by atoms with E-state index >= 15 is 0 Å². The van der Waals surface area contributed by atoms with E-state index in [1.54, 1.807) is 0 Å². The first-order valence-corrected chi connectivity index (χ1v) is 13.4. The Balaban J connectivity index is 0.000000302. The van der Waals surface area contributed by atoms with E-state index in [9.17, 15) is 14.4 Å². The largest absolute Gasteiger partial charge is 0.481 e. The van der Waals surface area contributed by atoms with Gasteiger partial charge in [-0.1, -0.05) is 41.4 Å². The fourth-order valence-corrected chi connectivity index (χ4v) is 5.16. The molecule has 0 spiro atoms. The molecule has 0 amide bonds. The normalized spacial score (nSPS) is 16.7. The number of carbonyl (C=O) groups is 3. The van der Waals surface area contributed by atoms with Crippen molar-refractivity contribution in [3.63, 3.8) is 0 Å². The molecule has 1 fully saturated rings. The molecule has 4 rings (SSSR count). The fourth-order valence-electron chi connectivity index (χ4n) is 5.16. The van der Waals surface area contributed by atoms with Crippen molar-refractivity contribution in [2.75, 3.05) is 0 Å². The first-order chi connectivity index (χ1) is 19.4. The molecule has 2 heterocycles. The van der Waals surface area contributed by atoms with Gasteiger partial charge in [0.15, 0.2) is 5.60 Å². The minimum atomic E-state index is -2.74. The van der Waals surface area contributed by atoms with Crippen LogP contribution in [0.5, 0.6) is 0 Å². The molecule has 220 valence electrons. The Hall–Kier alpha value is -4.09. The van der Waals surface area contributed by atoms with Crippen LogP contribution in [0.25, 0.3) is 0 Å². The highest BCUT2D eigenvalue weighted by molar-refractivity contribution is 5.88. The molecule has 41 heavy (non-hydrogen) atoms. The Labute approximate surface area is 238 Å². The zero-order valence-electron chi connectivity index (χ0n) is 23.3. The zero-order chi connectivity index (χ0) is 30.0. The van der Waals surface area contributed by atoms with E-state index < -0.39 is 36.4 Å². The maximum absolute atomic E-state index is 10.3. The second-order valence-electron chi connectivity index (χ2n) is 10.6. The molecular formula is C30H37N3O8. The molecule has 1 aromatic carbocycles. The summed E-state index contributed by atoms with van der Waals surface area (Å²) in [7, 11) is 0. The molecule has 0 aliphatic heterocycles. The average molecular weight is 568 g/mol. The number of aliphatic hydroxyl groups is 1. The number of rotatable bonds is 12. The number of aromatic nitrogens is 2. The van der Waals surface area contributed by atoms with E-state index in [1.165, 1.54) is 36.0 Å². The van der Waals surface area contributed by atoms with Gasteiger partial charge in [0, 0.05) is 44.0 Å². The third kappa shape index (κ3) is 9.80. The van der Waals surface area contributed by atoms with Gasteiger partial charge in [0.2, 0.25) is 0 Å². The Morgan fingerprint density at radius 1 is 0.927 bits per heavy atom. The first-order valence-electron chi connectivity index (χ1n) is 13.4. The predicted octanol–water partition coefficient (Wildman–Crippen LogP) is 3.85. The summed E-state index contributed by atoms with van der Waals surface area (Å²) < 4.78 is 5.53. The summed E-state index contributed by atoms with van der Waals surface area (Å²) in [5.74, 6) is -3.39. The maximum Gasteiger partial charge on any atom is 0.336 e. The van der Waals surface area contributed by atoms with Gasteiger partial charge in [-0.05, 0) is 55.9 Å². The van der Waals surface area contributed by atoms with Crippen LogP contribution in [0.3, 0.4) is 0 Å². The Bertz CT molecular complexity index is 1280. The van der Waals surface area contributed by atoms with E-state index in [0.717, 1.165) is 31.0 Å². The Morgan fingerprint density at radius 2 is 1.51 bits per heavy atom. The molecule has 0 bridgehead atoms. The standard InChI is InChI=1S/C24H29N3O.C6H8O7/c1-18-6-8-20(9-7-18)16-27(17-21-10-12-25-13-11-21)24-5-3-4-22(24)15-23-14-19(2)26-28-23;7-3(8)1-6(13,5(11)12)2-4(9)10/h6-14,22,24H,3-5,15-17H2,1-2H3;13H,1-2H2,(H,7,8)(H,9,10)(H,11,12)/t22-,24+;/m0./s1. The Kier molecular flexibility index (Phi) is 11.1. The number of pyridine rings is 1. The number of carboxylic acids is 3. The Morgan fingerprint density at radius 3 is 2.02 bits per heavy atom. The number of nitrogens with zero attached hydrogens (tertiary/aromatic N) is 3. The molecule has 1 aliphatic carbocycles. The lowest BCUT2D eigenvalue weighted by Gasteiger charge is -2.33. The van der Waals surface area contributed by atoms with Crippen LogP contribution < -0.4 is 0 Å². The molecule has 0 radical (unpaired) electrons. The van der Waals surface area contributed by atoms with Crippen LogP contribution in [0.4, 0.5) is 0 Å². The highest BCUT2D eigenvalue weighted by atomic mass is 16.5. The van der Waals surface area contributed by atoms with Crippen LogP contribution in [0.15, 0.2) is 59.4 Å². The highest BCUT2D eigenvalue weighted by Gasteiger charge is 2.40. The highest BCUT2D eigenvalue weighted by Crippen LogP contribution is 2.34. The van der Waals surface area contributed by atoms with Crippen LogP contribution in [0.1, 0.15) is 60.2 Å². The van der Waals surface area contributed by atoms with Gasteiger partial charge in [0.25, 0.3) is 0 Å². The van der Waals surface area contributed by atoms with Crippen LogP contribution in [0, 0.1) is 19.8 Å². The summed E-state index contributed by atoms with van der Waals surface area (Å²) in [6, 6.07) is 15.9. The van der Waals surface area contributed by atoms with Crippen LogP contribution >= 0.6 is 0 Å². The molecular weight excluding hydrogens is 530 g/mol. The lowest BCUT2D eigenvalue weighted by atomic mass is 9.95. The number of aliphatic carboxylic acids is 3. The quantitative estimate of drug-likeness (QED) is 0.250.